The third kappa shape index (κ3) is 4.91. The third-order valence-electron chi connectivity index (χ3n) is 5.13. The molecule has 0 saturated carbocycles. The van der Waals surface area contributed by atoms with Crippen molar-refractivity contribution >= 4 is 27.3 Å². The van der Waals surface area contributed by atoms with E-state index >= 15 is 0 Å². The summed E-state index contributed by atoms with van der Waals surface area (Å²) in [5.74, 6) is -0.188. The monoisotopic (exact) mass is 425 g/mol. The molecule has 30 heavy (non-hydrogen) atoms. The van der Waals surface area contributed by atoms with Crippen LogP contribution in [0.5, 0.6) is 0 Å². The summed E-state index contributed by atoms with van der Waals surface area (Å²) in [5, 5.41) is 2.92. The van der Waals surface area contributed by atoms with Gasteiger partial charge >= 0.3 is 0 Å². The SMILES string of the molecule is CCS(=O)(=O)Nc1ccc(NC(=O)c2cc(C)n(Cc3ccccc3)c2C)cc1C. The van der Waals surface area contributed by atoms with E-state index in [0.717, 1.165) is 17.0 Å². The van der Waals surface area contributed by atoms with Crippen molar-refractivity contribution < 1.29 is 13.2 Å². The molecule has 0 aliphatic rings. The van der Waals surface area contributed by atoms with Gasteiger partial charge in [0.2, 0.25) is 10.0 Å². The second-order valence-electron chi connectivity index (χ2n) is 7.35. The topological polar surface area (TPSA) is 80.2 Å². The number of nitrogens with one attached hydrogen (secondary N) is 2. The molecule has 2 N–H and O–H groups in total. The fraction of sp³-hybridized carbons (Fsp3) is 0.261. The number of hydrogen-bond donors (Lipinski definition) is 2. The van der Waals surface area contributed by atoms with Gasteiger partial charge in [0, 0.05) is 23.6 Å². The second kappa shape index (κ2) is 8.75. The Morgan fingerprint density at radius 1 is 1.00 bits per heavy atom. The van der Waals surface area contributed by atoms with E-state index < -0.39 is 10.0 Å². The lowest BCUT2D eigenvalue weighted by molar-refractivity contribution is 0.102. The summed E-state index contributed by atoms with van der Waals surface area (Å²) in [7, 11) is -3.35. The number of aromatic nitrogens is 1. The fourth-order valence-electron chi connectivity index (χ4n) is 3.33. The van der Waals surface area contributed by atoms with Gasteiger partial charge in [-0.2, -0.15) is 0 Å². The Hall–Kier alpha value is -3.06. The molecule has 2 aromatic carbocycles. The molecule has 0 aliphatic carbocycles. The minimum absolute atomic E-state index is 0.00350. The van der Waals surface area contributed by atoms with Crippen LogP contribution in [-0.2, 0) is 16.6 Å². The smallest absolute Gasteiger partial charge is 0.257 e. The Balaban J connectivity index is 1.78. The number of carbonyl (C=O) groups excluding carboxylic acids is 1. The standard InChI is InChI=1S/C23H27N3O3S/c1-5-30(28,29)25-22-12-11-20(13-16(22)2)24-23(27)21-14-17(3)26(18(21)4)15-19-9-7-6-8-10-19/h6-14,25H,5,15H2,1-4H3,(H,24,27). The molecule has 0 unspecified atom stereocenters. The maximum atomic E-state index is 12.9. The summed E-state index contributed by atoms with van der Waals surface area (Å²) in [6, 6.07) is 17.1. The van der Waals surface area contributed by atoms with Crippen molar-refractivity contribution in [2.75, 3.05) is 15.8 Å². The lowest BCUT2D eigenvalue weighted by Gasteiger charge is -2.12. The van der Waals surface area contributed by atoms with E-state index in [9.17, 15) is 13.2 Å². The number of anilines is 2. The van der Waals surface area contributed by atoms with Crippen molar-refractivity contribution in [3.63, 3.8) is 0 Å². The molecular formula is C23H27N3O3S. The highest BCUT2D eigenvalue weighted by molar-refractivity contribution is 7.92. The molecule has 7 heteroatoms. The first-order valence-corrected chi connectivity index (χ1v) is 11.5. The summed E-state index contributed by atoms with van der Waals surface area (Å²) in [6.07, 6.45) is 0. The average molecular weight is 426 g/mol. The molecule has 0 atom stereocenters. The quantitative estimate of drug-likeness (QED) is 0.586. The molecule has 3 aromatic rings. The summed E-state index contributed by atoms with van der Waals surface area (Å²) in [5.41, 5.74) is 5.57. The van der Waals surface area contributed by atoms with E-state index in [2.05, 4.69) is 26.7 Å². The van der Waals surface area contributed by atoms with Crippen LogP contribution in [0.25, 0.3) is 0 Å². The number of sulfonamides is 1. The van der Waals surface area contributed by atoms with Gasteiger partial charge in [-0.05, 0) is 63.1 Å². The van der Waals surface area contributed by atoms with Crippen LogP contribution < -0.4 is 10.0 Å². The lowest BCUT2D eigenvalue weighted by atomic mass is 10.1. The van der Waals surface area contributed by atoms with Crippen LogP contribution in [0.2, 0.25) is 0 Å². The van der Waals surface area contributed by atoms with Gasteiger partial charge in [0.05, 0.1) is 17.0 Å². The molecule has 1 aromatic heterocycles. The highest BCUT2D eigenvalue weighted by atomic mass is 32.2. The van der Waals surface area contributed by atoms with E-state index in [0.29, 0.717) is 23.5 Å². The zero-order chi connectivity index (χ0) is 21.9. The number of hydrogen-bond acceptors (Lipinski definition) is 3. The predicted molar refractivity (Wildman–Crippen MR) is 122 cm³/mol. The number of nitrogens with zero attached hydrogens (tertiary/aromatic N) is 1. The van der Waals surface area contributed by atoms with Gasteiger partial charge in [-0.25, -0.2) is 8.42 Å². The number of rotatable bonds is 7. The summed E-state index contributed by atoms with van der Waals surface area (Å²) in [4.78, 5) is 12.9. The Morgan fingerprint density at radius 2 is 1.70 bits per heavy atom. The molecule has 3 rings (SSSR count). The zero-order valence-electron chi connectivity index (χ0n) is 17.7. The number of aryl methyl sites for hydroxylation is 2. The Labute approximate surface area is 178 Å². The van der Waals surface area contributed by atoms with E-state index in [1.54, 1.807) is 32.0 Å². The molecule has 6 nitrogen and oxygen atoms in total. The van der Waals surface area contributed by atoms with Gasteiger partial charge in [-0.15, -0.1) is 0 Å². The van der Waals surface area contributed by atoms with Crippen molar-refractivity contribution in [1.29, 1.82) is 0 Å². The van der Waals surface area contributed by atoms with Gasteiger partial charge < -0.3 is 9.88 Å². The van der Waals surface area contributed by atoms with Gasteiger partial charge in [0.15, 0.2) is 0 Å². The molecule has 0 bridgehead atoms. The van der Waals surface area contributed by atoms with Crippen LogP contribution in [0.4, 0.5) is 11.4 Å². The maximum absolute atomic E-state index is 12.9. The number of carbonyl (C=O) groups is 1. The number of benzene rings is 2. The maximum Gasteiger partial charge on any atom is 0.257 e. The molecule has 0 radical (unpaired) electrons. The average Bonchev–Trinajstić information content (AvgIpc) is 2.99. The van der Waals surface area contributed by atoms with Crippen LogP contribution in [0.15, 0.2) is 54.6 Å². The van der Waals surface area contributed by atoms with E-state index in [1.165, 1.54) is 5.56 Å². The molecule has 158 valence electrons. The summed E-state index contributed by atoms with van der Waals surface area (Å²) >= 11 is 0. The second-order valence-corrected chi connectivity index (χ2v) is 9.36. The predicted octanol–water partition coefficient (Wildman–Crippen LogP) is 4.48. The van der Waals surface area contributed by atoms with Gasteiger partial charge in [-0.1, -0.05) is 30.3 Å². The van der Waals surface area contributed by atoms with Crippen LogP contribution in [0, 0.1) is 20.8 Å². The van der Waals surface area contributed by atoms with Crippen molar-refractivity contribution in [3.05, 3.63) is 82.7 Å². The molecule has 0 aliphatic heterocycles. The zero-order valence-corrected chi connectivity index (χ0v) is 18.5. The molecule has 1 heterocycles. The first kappa shape index (κ1) is 21.6. The molecule has 0 spiro atoms. The fourth-order valence-corrected chi connectivity index (χ4v) is 4.04. The summed E-state index contributed by atoms with van der Waals surface area (Å²) in [6.45, 7) is 8.02. The minimum Gasteiger partial charge on any atom is -0.344 e. The third-order valence-corrected chi connectivity index (χ3v) is 6.42. The number of amides is 1. The van der Waals surface area contributed by atoms with Crippen LogP contribution in [-0.4, -0.2) is 24.6 Å². The van der Waals surface area contributed by atoms with Crippen molar-refractivity contribution in [3.8, 4) is 0 Å². The lowest BCUT2D eigenvalue weighted by Crippen LogP contribution is -2.16. The van der Waals surface area contributed by atoms with E-state index in [-0.39, 0.29) is 11.7 Å². The van der Waals surface area contributed by atoms with E-state index in [4.69, 9.17) is 0 Å². The van der Waals surface area contributed by atoms with E-state index in [1.807, 2.05) is 38.1 Å². The van der Waals surface area contributed by atoms with Crippen LogP contribution in [0.3, 0.4) is 0 Å². The molecular weight excluding hydrogens is 398 g/mol. The Morgan fingerprint density at radius 3 is 2.33 bits per heavy atom. The highest BCUT2D eigenvalue weighted by Gasteiger charge is 2.17. The van der Waals surface area contributed by atoms with Gasteiger partial charge in [0.25, 0.3) is 5.91 Å². The van der Waals surface area contributed by atoms with Crippen LogP contribution in [0.1, 0.15) is 39.8 Å². The van der Waals surface area contributed by atoms with Gasteiger partial charge in [0.1, 0.15) is 0 Å². The Kier molecular flexibility index (Phi) is 6.31. The first-order valence-electron chi connectivity index (χ1n) is 9.83. The first-order chi connectivity index (χ1) is 14.2. The normalized spacial score (nSPS) is 11.3. The molecule has 0 fully saturated rings. The summed E-state index contributed by atoms with van der Waals surface area (Å²) < 4.78 is 28.2. The minimum atomic E-state index is -3.35. The molecule has 1 amide bonds. The van der Waals surface area contributed by atoms with Crippen LogP contribution >= 0.6 is 0 Å². The Bertz CT molecular complexity index is 1170. The highest BCUT2D eigenvalue weighted by Crippen LogP contribution is 2.23. The molecule has 0 saturated heterocycles. The largest absolute Gasteiger partial charge is 0.344 e. The van der Waals surface area contributed by atoms with Crippen molar-refractivity contribution in [2.24, 2.45) is 0 Å². The van der Waals surface area contributed by atoms with Crippen molar-refractivity contribution in [2.45, 2.75) is 34.2 Å². The van der Waals surface area contributed by atoms with Crippen molar-refractivity contribution in [1.82, 2.24) is 4.57 Å². The van der Waals surface area contributed by atoms with Gasteiger partial charge in [-0.3, -0.25) is 9.52 Å².